The molecule has 0 saturated heterocycles. The third kappa shape index (κ3) is 3.19. The van der Waals surface area contributed by atoms with Gasteiger partial charge in [-0.2, -0.15) is 0 Å². The van der Waals surface area contributed by atoms with Crippen LogP contribution < -0.4 is 5.73 Å². The van der Waals surface area contributed by atoms with Gasteiger partial charge >= 0.3 is 5.97 Å². The lowest BCUT2D eigenvalue weighted by molar-refractivity contribution is 0.0524. The Morgan fingerprint density at radius 3 is 2.71 bits per heavy atom. The van der Waals surface area contributed by atoms with Crippen LogP contribution in [0.15, 0.2) is 17.5 Å². The molecule has 0 aliphatic rings. The molecule has 21 heavy (non-hydrogen) atoms. The van der Waals surface area contributed by atoms with Crippen molar-refractivity contribution in [1.82, 2.24) is 4.57 Å². The van der Waals surface area contributed by atoms with Crippen LogP contribution in [0.3, 0.4) is 0 Å². The number of nitrogens with two attached hydrogens (primary N) is 1. The van der Waals surface area contributed by atoms with Crippen LogP contribution in [0, 0.1) is 13.8 Å². The van der Waals surface area contributed by atoms with Crippen molar-refractivity contribution in [2.75, 3.05) is 13.2 Å². The van der Waals surface area contributed by atoms with E-state index in [1.165, 1.54) is 4.88 Å². The summed E-state index contributed by atoms with van der Waals surface area (Å²) < 4.78 is 7.39. The van der Waals surface area contributed by atoms with Crippen LogP contribution in [-0.2, 0) is 17.7 Å². The van der Waals surface area contributed by atoms with E-state index in [0.717, 1.165) is 23.5 Å². The monoisotopic (exact) mass is 306 g/mol. The van der Waals surface area contributed by atoms with Crippen molar-refractivity contribution in [2.45, 2.75) is 33.7 Å². The molecule has 0 saturated carbocycles. The van der Waals surface area contributed by atoms with E-state index in [1.807, 2.05) is 26.8 Å². The van der Waals surface area contributed by atoms with E-state index < -0.39 is 0 Å². The van der Waals surface area contributed by atoms with Gasteiger partial charge in [0.2, 0.25) is 0 Å². The highest BCUT2D eigenvalue weighted by atomic mass is 32.1. The van der Waals surface area contributed by atoms with Crippen molar-refractivity contribution in [3.05, 3.63) is 44.9 Å². The molecule has 0 aliphatic heterocycles. The third-order valence-electron chi connectivity index (χ3n) is 3.68. The van der Waals surface area contributed by atoms with E-state index in [1.54, 1.807) is 11.3 Å². The van der Waals surface area contributed by atoms with Gasteiger partial charge in [-0.25, -0.2) is 4.79 Å². The topological polar surface area (TPSA) is 57.2 Å². The predicted molar refractivity (Wildman–Crippen MR) is 86.0 cm³/mol. The number of hydrogen-bond acceptors (Lipinski definition) is 4. The summed E-state index contributed by atoms with van der Waals surface area (Å²) in [6, 6.07) is 4.15. The molecule has 4 nitrogen and oxygen atoms in total. The van der Waals surface area contributed by atoms with Crippen LogP contribution >= 0.6 is 11.3 Å². The van der Waals surface area contributed by atoms with E-state index in [4.69, 9.17) is 10.5 Å². The van der Waals surface area contributed by atoms with Gasteiger partial charge < -0.3 is 15.0 Å². The van der Waals surface area contributed by atoms with Crippen LogP contribution in [0.5, 0.6) is 0 Å². The lowest BCUT2D eigenvalue weighted by atomic mass is 10.1. The third-order valence-corrected chi connectivity index (χ3v) is 4.54. The van der Waals surface area contributed by atoms with Crippen LogP contribution in [0.25, 0.3) is 0 Å². The first kappa shape index (κ1) is 15.8. The molecule has 0 spiro atoms. The minimum Gasteiger partial charge on any atom is -0.462 e. The molecule has 114 valence electrons. The minimum absolute atomic E-state index is 0.244. The van der Waals surface area contributed by atoms with Gasteiger partial charge in [0.15, 0.2) is 0 Å². The number of carbonyl (C=O) groups is 1. The highest BCUT2D eigenvalue weighted by Gasteiger charge is 2.23. The Hall–Kier alpha value is -1.59. The summed E-state index contributed by atoms with van der Waals surface area (Å²) >= 11 is 1.72. The summed E-state index contributed by atoms with van der Waals surface area (Å²) in [7, 11) is 0. The summed E-state index contributed by atoms with van der Waals surface area (Å²) in [5, 5.41) is 2.07. The number of carbonyl (C=O) groups excluding carboxylic acids is 1. The van der Waals surface area contributed by atoms with Gasteiger partial charge in [-0.05, 0) is 50.7 Å². The van der Waals surface area contributed by atoms with Crippen molar-refractivity contribution in [3.63, 3.8) is 0 Å². The molecule has 2 aromatic rings. The second-order valence-electron chi connectivity index (χ2n) is 4.95. The first-order valence-corrected chi connectivity index (χ1v) is 8.06. The van der Waals surface area contributed by atoms with Crippen molar-refractivity contribution in [2.24, 2.45) is 5.73 Å². The number of esters is 1. The summed E-state index contributed by atoms with van der Waals surface area (Å²) in [6.45, 7) is 7.55. The average molecular weight is 306 g/mol. The number of thiophene rings is 1. The SMILES string of the molecule is CCOC(=O)c1c(CCN)c(C)n(Cc2cccs2)c1C. The number of ether oxygens (including phenoxy) is 1. The molecule has 0 atom stereocenters. The molecular weight excluding hydrogens is 284 g/mol. The molecule has 0 bridgehead atoms. The quantitative estimate of drug-likeness (QED) is 0.835. The van der Waals surface area contributed by atoms with Gasteiger partial charge in [0.25, 0.3) is 0 Å². The molecule has 2 aromatic heterocycles. The Morgan fingerprint density at radius 2 is 2.14 bits per heavy atom. The van der Waals surface area contributed by atoms with Crippen LogP contribution in [-0.4, -0.2) is 23.7 Å². The average Bonchev–Trinajstić information content (AvgIpc) is 3.03. The molecular formula is C16H22N2O2S. The lowest BCUT2D eigenvalue weighted by Crippen LogP contribution is -2.11. The zero-order chi connectivity index (χ0) is 15.4. The number of nitrogens with zero attached hydrogens (tertiary/aromatic N) is 1. The summed E-state index contributed by atoms with van der Waals surface area (Å²) in [6.07, 6.45) is 0.693. The van der Waals surface area contributed by atoms with Gasteiger partial charge in [-0.15, -0.1) is 11.3 Å². The first-order chi connectivity index (χ1) is 10.1. The summed E-state index contributed by atoms with van der Waals surface area (Å²) in [5.41, 5.74) is 9.48. The maximum Gasteiger partial charge on any atom is 0.340 e. The van der Waals surface area contributed by atoms with Crippen molar-refractivity contribution < 1.29 is 9.53 Å². The maximum atomic E-state index is 12.3. The standard InChI is InChI=1S/C16H22N2O2S/c1-4-20-16(19)15-12(3)18(10-13-6-5-9-21-13)11(2)14(15)7-8-17/h5-6,9H,4,7-8,10,17H2,1-3H3. The fourth-order valence-electron chi connectivity index (χ4n) is 2.67. The maximum absolute atomic E-state index is 12.3. The molecule has 0 amide bonds. The highest BCUT2D eigenvalue weighted by Crippen LogP contribution is 2.25. The number of hydrogen-bond donors (Lipinski definition) is 1. The van der Waals surface area contributed by atoms with E-state index in [-0.39, 0.29) is 5.97 Å². The normalized spacial score (nSPS) is 10.9. The number of rotatable bonds is 6. The molecule has 0 aliphatic carbocycles. The van der Waals surface area contributed by atoms with Crippen molar-refractivity contribution in [3.8, 4) is 0 Å². The van der Waals surface area contributed by atoms with E-state index in [9.17, 15) is 4.79 Å². The Bertz CT molecular complexity index is 615. The van der Waals surface area contributed by atoms with Crippen LogP contribution in [0.2, 0.25) is 0 Å². The molecule has 0 fully saturated rings. The molecule has 0 radical (unpaired) electrons. The zero-order valence-electron chi connectivity index (χ0n) is 12.8. The molecule has 2 heterocycles. The van der Waals surface area contributed by atoms with E-state index >= 15 is 0 Å². The second kappa shape index (κ2) is 6.91. The molecule has 0 aromatic carbocycles. The molecule has 2 rings (SSSR count). The summed E-state index contributed by atoms with van der Waals surface area (Å²) in [5.74, 6) is -0.244. The predicted octanol–water partition coefficient (Wildman–Crippen LogP) is 2.89. The largest absolute Gasteiger partial charge is 0.462 e. The van der Waals surface area contributed by atoms with E-state index in [2.05, 4.69) is 16.0 Å². The molecule has 5 heteroatoms. The molecule has 0 unspecified atom stereocenters. The first-order valence-electron chi connectivity index (χ1n) is 7.18. The van der Waals surface area contributed by atoms with Gasteiger partial charge in [0.1, 0.15) is 0 Å². The second-order valence-corrected chi connectivity index (χ2v) is 5.98. The van der Waals surface area contributed by atoms with Crippen LogP contribution in [0.1, 0.15) is 39.1 Å². The highest BCUT2D eigenvalue weighted by molar-refractivity contribution is 7.09. The Labute approximate surface area is 129 Å². The Morgan fingerprint density at radius 1 is 1.38 bits per heavy atom. The van der Waals surface area contributed by atoms with E-state index in [0.29, 0.717) is 25.1 Å². The fraction of sp³-hybridized carbons (Fsp3) is 0.438. The Kier molecular flexibility index (Phi) is 5.20. The van der Waals surface area contributed by atoms with Gasteiger partial charge in [-0.1, -0.05) is 6.07 Å². The minimum atomic E-state index is -0.244. The number of aromatic nitrogens is 1. The van der Waals surface area contributed by atoms with Crippen molar-refractivity contribution in [1.29, 1.82) is 0 Å². The molecule has 2 N–H and O–H groups in total. The van der Waals surface area contributed by atoms with Gasteiger partial charge in [-0.3, -0.25) is 0 Å². The van der Waals surface area contributed by atoms with Crippen molar-refractivity contribution >= 4 is 17.3 Å². The summed E-state index contributed by atoms with van der Waals surface area (Å²) in [4.78, 5) is 13.5. The van der Waals surface area contributed by atoms with Crippen LogP contribution in [0.4, 0.5) is 0 Å². The van der Waals surface area contributed by atoms with Gasteiger partial charge in [0, 0.05) is 16.3 Å². The van der Waals surface area contributed by atoms with Gasteiger partial charge in [0.05, 0.1) is 18.7 Å². The lowest BCUT2D eigenvalue weighted by Gasteiger charge is -2.08. The zero-order valence-corrected chi connectivity index (χ0v) is 13.6. The Balaban J connectivity index is 2.46. The fourth-order valence-corrected chi connectivity index (χ4v) is 3.36. The smallest absolute Gasteiger partial charge is 0.340 e.